The summed E-state index contributed by atoms with van der Waals surface area (Å²) in [5.74, 6) is 0.685. The first kappa shape index (κ1) is 14.5. The second-order valence-electron chi connectivity index (χ2n) is 4.69. The maximum absolute atomic E-state index is 13.8. The first-order chi connectivity index (χ1) is 9.58. The standard InChI is InChI=1S/C14H18FN3O2/c1-3-13-17-14(20-18-13)8-19-12-5-4-10(6-9(2)16)7-11(12)15/h4-5,7,9H,3,6,8,16H2,1-2H3. The van der Waals surface area contributed by atoms with E-state index in [1.807, 2.05) is 13.8 Å². The molecule has 1 atom stereocenters. The second-order valence-corrected chi connectivity index (χ2v) is 4.69. The van der Waals surface area contributed by atoms with E-state index < -0.39 is 5.82 Å². The van der Waals surface area contributed by atoms with Crippen molar-refractivity contribution in [1.82, 2.24) is 10.1 Å². The highest BCUT2D eigenvalue weighted by molar-refractivity contribution is 5.29. The molecule has 5 nitrogen and oxygen atoms in total. The normalized spacial score (nSPS) is 12.4. The van der Waals surface area contributed by atoms with Crippen molar-refractivity contribution in [3.05, 3.63) is 41.3 Å². The molecule has 0 saturated carbocycles. The van der Waals surface area contributed by atoms with Crippen molar-refractivity contribution in [2.45, 2.75) is 39.3 Å². The molecule has 1 unspecified atom stereocenters. The topological polar surface area (TPSA) is 74.2 Å². The van der Waals surface area contributed by atoms with Gasteiger partial charge in [-0.05, 0) is 31.0 Å². The van der Waals surface area contributed by atoms with E-state index in [1.165, 1.54) is 6.07 Å². The Hall–Kier alpha value is -1.95. The SMILES string of the molecule is CCc1noc(COc2ccc(CC(C)N)cc2F)n1. The van der Waals surface area contributed by atoms with Crippen LogP contribution in [0.1, 0.15) is 31.1 Å². The second kappa shape index (κ2) is 6.47. The summed E-state index contributed by atoms with van der Waals surface area (Å²) >= 11 is 0. The Morgan fingerprint density at radius 1 is 1.45 bits per heavy atom. The van der Waals surface area contributed by atoms with Crippen LogP contribution >= 0.6 is 0 Å². The first-order valence-electron chi connectivity index (χ1n) is 6.56. The van der Waals surface area contributed by atoms with E-state index >= 15 is 0 Å². The van der Waals surface area contributed by atoms with E-state index in [1.54, 1.807) is 12.1 Å². The Kier molecular flexibility index (Phi) is 4.68. The summed E-state index contributed by atoms with van der Waals surface area (Å²) < 4.78 is 24.1. The summed E-state index contributed by atoms with van der Waals surface area (Å²) in [5.41, 5.74) is 6.52. The summed E-state index contributed by atoms with van der Waals surface area (Å²) in [6.45, 7) is 3.85. The molecule has 0 fully saturated rings. The summed E-state index contributed by atoms with van der Waals surface area (Å²) in [7, 11) is 0. The molecular weight excluding hydrogens is 261 g/mol. The Labute approximate surface area is 116 Å². The number of hydrogen-bond acceptors (Lipinski definition) is 5. The number of aryl methyl sites for hydroxylation is 1. The number of nitrogens with zero attached hydrogens (tertiary/aromatic N) is 2. The minimum atomic E-state index is -0.418. The predicted molar refractivity (Wildman–Crippen MR) is 71.8 cm³/mol. The van der Waals surface area contributed by atoms with Crippen molar-refractivity contribution in [3.63, 3.8) is 0 Å². The van der Waals surface area contributed by atoms with Crippen molar-refractivity contribution in [2.75, 3.05) is 0 Å². The molecule has 0 aliphatic heterocycles. The third-order valence-electron chi connectivity index (χ3n) is 2.73. The Bertz CT molecular complexity index is 569. The highest BCUT2D eigenvalue weighted by atomic mass is 19.1. The van der Waals surface area contributed by atoms with E-state index in [2.05, 4.69) is 10.1 Å². The average Bonchev–Trinajstić information content (AvgIpc) is 2.85. The fourth-order valence-electron chi connectivity index (χ4n) is 1.79. The molecule has 1 aromatic heterocycles. The van der Waals surface area contributed by atoms with Gasteiger partial charge in [-0.2, -0.15) is 4.98 Å². The van der Waals surface area contributed by atoms with Gasteiger partial charge in [-0.1, -0.05) is 18.1 Å². The average molecular weight is 279 g/mol. The lowest BCUT2D eigenvalue weighted by molar-refractivity contribution is 0.234. The van der Waals surface area contributed by atoms with E-state index in [0.29, 0.717) is 24.6 Å². The zero-order valence-electron chi connectivity index (χ0n) is 11.6. The molecule has 0 spiro atoms. The fourth-order valence-corrected chi connectivity index (χ4v) is 1.79. The number of ether oxygens (including phenoxy) is 1. The number of rotatable bonds is 6. The van der Waals surface area contributed by atoms with Crippen molar-refractivity contribution in [1.29, 1.82) is 0 Å². The molecule has 0 saturated heterocycles. The number of nitrogens with two attached hydrogens (primary N) is 1. The highest BCUT2D eigenvalue weighted by Crippen LogP contribution is 2.20. The van der Waals surface area contributed by atoms with Crippen molar-refractivity contribution in [3.8, 4) is 5.75 Å². The van der Waals surface area contributed by atoms with Crippen molar-refractivity contribution >= 4 is 0 Å². The van der Waals surface area contributed by atoms with E-state index in [-0.39, 0.29) is 18.4 Å². The monoisotopic (exact) mass is 279 g/mol. The molecule has 2 rings (SSSR count). The van der Waals surface area contributed by atoms with Gasteiger partial charge >= 0.3 is 0 Å². The van der Waals surface area contributed by atoms with Crippen molar-refractivity contribution < 1.29 is 13.7 Å². The molecule has 1 heterocycles. The van der Waals surface area contributed by atoms with Gasteiger partial charge in [0.15, 0.2) is 24.0 Å². The maximum Gasteiger partial charge on any atom is 0.264 e. The zero-order valence-corrected chi connectivity index (χ0v) is 11.6. The minimum Gasteiger partial charge on any atom is -0.481 e. The summed E-state index contributed by atoms with van der Waals surface area (Å²) in [6, 6.07) is 4.81. The molecule has 0 aliphatic carbocycles. The van der Waals surface area contributed by atoms with Gasteiger partial charge in [-0.25, -0.2) is 4.39 Å². The van der Waals surface area contributed by atoms with Crippen LogP contribution in [0.5, 0.6) is 5.75 Å². The Morgan fingerprint density at radius 3 is 2.85 bits per heavy atom. The third-order valence-corrected chi connectivity index (χ3v) is 2.73. The molecule has 0 bridgehead atoms. The Morgan fingerprint density at radius 2 is 2.25 bits per heavy atom. The molecule has 1 aromatic carbocycles. The number of aromatic nitrogens is 2. The smallest absolute Gasteiger partial charge is 0.264 e. The first-order valence-corrected chi connectivity index (χ1v) is 6.56. The molecule has 6 heteroatoms. The lowest BCUT2D eigenvalue weighted by Crippen LogP contribution is -2.17. The van der Waals surface area contributed by atoms with Gasteiger partial charge in [0.2, 0.25) is 0 Å². The Balaban J connectivity index is 1.99. The molecule has 0 amide bonds. The predicted octanol–water partition coefficient (Wildman–Crippen LogP) is 2.24. The van der Waals surface area contributed by atoms with E-state index in [0.717, 1.165) is 5.56 Å². The van der Waals surface area contributed by atoms with Gasteiger partial charge in [0.05, 0.1) is 0 Å². The van der Waals surface area contributed by atoms with Gasteiger partial charge in [0.25, 0.3) is 5.89 Å². The van der Waals surface area contributed by atoms with Crippen LogP contribution in [0.4, 0.5) is 4.39 Å². The van der Waals surface area contributed by atoms with E-state index in [9.17, 15) is 4.39 Å². The van der Waals surface area contributed by atoms with Crippen LogP contribution in [0.3, 0.4) is 0 Å². The molecule has 0 radical (unpaired) electrons. The minimum absolute atomic E-state index is 0.00738. The van der Waals surface area contributed by atoms with Crippen LogP contribution in [-0.4, -0.2) is 16.2 Å². The number of hydrogen-bond donors (Lipinski definition) is 1. The van der Waals surface area contributed by atoms with Crippen LogP contribution in [0.25, 0.3) is 0 Å². The molecule has 108 valence electrons. The lowest BCUT2D eigenvalue weighted by atomic mass is 10.1. The highest BCUT2D eigenvalue weighted by Gasteiger charge is 2.09. The molecule has 20 heavy (non-hydrogen) atoms. The van der Waals surface area contributed by atoms with Gasteiger partial charge in [-0.15, -0.1) is 0 Å². The van der Waals surface area contributed by atoms with Crippen molar-refractivity contribution in [2.24, 2.45) is 5.73 Å². The lowest BCUT2D eigenvalue weighted by Gasteiger charge is -2.08. The number of benzene rings is 1. The maximum atomic E-state index is 13.8. The zero-order chi connectivity index (χ0) is 14.5. The van der Waals surface area contributed by atoms with Gasteiger partial charge < -0.3 is 15.0 Å². The summed E-state index contributed by atoms with van der Waals surface area (Å²) in [5, 5.41) is 3.74. The quantitative estimate of drug-likeness (QED) is 0.877. The number of halogens is 1. The fraction of sp³-hybridized carbons (Fsp3) is 0.429. The van der Waals surface area contributed by atoms with E-state index in [4.69, 9.17) is 15.0 Å². The van der Waals surface area contributed by atoms with Gasteiger partial charge in [-0.3, -0.25) is 0 Å². The van der Waals surface area contributed by atoms with Gasteiger partial charge in [0, 0.05) is 12.5 Å². The van der Waals surface area contributed by atoms with Crippen LogP contribution in [0.2, 0.25) is 0 Å². The van der Waals surface area contributed by atoms with Crippen LogP contribution in [0, 0.1) is 5.82 Å². The summed E-state index contributed by atoms with van der Waals surface area (Å²) in [4.78, 5) is 4.09. The largest absolute Gasteiger partial charge is 0.481 e. The summed E-state index contributed by atoms with van der Waals surface area (Å²) in [6.07, 6.45) is 1.31. The van der Waals surface area contributed by atoms with Gasteiger partial charge in [0.1, 0.15) is 0 Å². The third kappa shape index (κ3) is 3.77. The molecule has 2 aromatic rings. The van der Waals surface area contributed by atoms with Crippen LogP contribution in [0.15, 0.2) is 22.7 Å². The van der Waals surface area contributed by atoms with Crippen LogP contribution in [-0.2, 0) is 19.4 Å². The van der Waals surface area contributed by atoms with Crippen LogP contribution < -0.4 is 10.5 Å². The molecular formula is C14H18FN3O2. The molecule has 0 aliphatic rings. The molecule has 2 N–H and O–H groups in total.